The summed E-state index contributed by atoms with van der Waals surface area (Å²) in [5.74, 6) is 0. The highest BCUT2D eigenvalue weighted by Crippen LogP contribution is 2.45. The average molecular weight is 244 g/mol. The van der Waals surface area contributed by atoms with Crippen molar-refractivity contribution in [1.82, 2.24) is 0 Å². The van der Waals surface area contributed by atoms with Gasteiger partial charge in [0.05, 0.1) is 6.61 Å². The third-order valence-electron chi connectivity index (χ3n) is 3.78. The third-order valence-corrected chi connectivity index (χ3v) is 10.9. The lowest BCUT2D eigenvalue weighted by molar-refractivity contribution is 0.336. The van der Waals surface area contributed by atoms with Crippen LogP contribution < -0.4 is 0 Å². The van der Waals surface area contributed by atoms with Crippen LogP contribution in [0.4, 0.5) is 4.39 Å². The van der Waals surface area contributed by atoms with Gasteiger partial charge in [0.25, 0.3) is 0 Å². The lowest BCUT2D eigenvalue weighted by Crippen LogP contribution is -2.47. The Morgan fingerprint density at radius 3 is 1.69 bits per heavy atom. The van der Waals surface area contributed by atoms with Crippen LogP contribution in [-0.4, -0.2) is 19.8 Å². The highest BCUT2D eigenvalue weighted by Gasteiger charge is 2.45. The monoisotopic (exact) mass is 244 g/mol. The predicted octanol–water partition coefficient (Wildman–Crippen LogP) is 4.21. The molecule has 0 unspecified atom stereocenters. The van der Waals surface area contributed by atoms with Crippen LogP contribution in [0, 0.1) is 0 Å². The van der Waals surface area contributed by atoms with Crippen molar-refractivity contribution >= 4 is 8.07 Å². The number of hydrogen-bond acceptors (Lipinski definition) is 1. The van der Waals surface area contributed by atoms with E-state index in [0.717, 1.165) is 5.20 Å². The first-order valence-electron chi connectivity index (χ1n) is 6.01. The smallest absolute Gasteiger partial charge is 0.128 e. The lowest BCUT2D eigenvalue weighted by atomic mass is 10.5. The molecule has 1 nitrogen and oxygen atoms in total. The molecule has 1 N–H and O–H groups in total. The topological polar surface area (TPSA) is 20.2 Å². The summed E-state index contributed by atoms with van der Waals surface area (Å²) < 4.78 is 12.4. The second kappa shape index (κ2) is 6.38. The summed E-state index contributed by atoms with van der Waals surface area (Å²) >= 11 is 0. The molecule has 0 radical (unpaired) electrons. The molecule has 0 aliphatic heterocycles. The molecule has 0 aromatic carbocycles. The molecule has 0 aromatic heterocycles. The van der Waals surface area contributed by atoms with Crippen molar-refractivity contribution in [2.75, 3.05) is 6.61 Å². The summed E-state index contributed by atoms with van der Waals surface area (Å²) in [7, 11) is -1.89. The van der Waals surface area contributed by atoms with E-state index in [4.69, 9.17) is 0 Å². The summed E-state index contributed by atoms with van der Waals surface area (Å²) in [5.41, 5.74) is 4.08. The van der Waals surface area contributed by atoms with Crippen molar-refractivity contribution < 1.29 is 9.50 Å². The molecule has 0 atom stereocenters. The fourth-order valence-electron chi connectivity index (χ4n) is 3.42. The van der Waals surface area contributed by atoms with Gasteiger partial charge in [-0.1, -0.05) is 47.3 Å². The number of rotatable bonds is 5. The SMILES string of the molecule is CC(C)[Si](C(=C=CF)CO)(C(C)C)C(C)C. The minimum absolute atomic E-state index is 0.0683. The fraction of sp³-hybridized carbons (Fsp3) is 0.769. The number of halogens is 1. The number of aliphatic hydroxyl groups excluding tert-OH is 1. The minimum Gasteiger partial charge on any atom is -0.392 e. The van der Waals surface area contributed by atoms with Gasteiger partial charge in [-0.05, 0) is 21.8 Å². The van der Waals surface area contributed by atoms with E-state index in [1.54, 1.807) is 0 Å². The molecule has 94 valence electrons. The highest BCUT2D eigenvalue weighted by atomic mass is 28.3. The van der Waals surface area contributed by atoms with E-state index >= 15 is 0 Å². The van der Waals surface area contributed by atoms with Crippen LogP contribution in [0.2, 0.25) is 16.6 Å². The second-order valence-electron chi connectivity index (χ2n) is 5.29. The minimum atomic E-state index is -1.89. The third kappa shape index (κ3) is 2.65. The Hall–Kier alpha value is -0.373. The van der Waals surface area contributed by atoms with Gasteiger partial charge in [-0.3, -0.25) is 0 Å². The summed E-state index contributed by atoms with van der Waals surface area (Å²) in [6, 6.07) is 0. The Labute approximate surface area is 100 Å². The summed E-state index contributed by atoms with van der Waals surface area (Å²) in [6.07, 6.45) is 0.445. The molecule has 0 aliphatic rings. The van der Waals surface area contributed by atoms with Gasteiger partial charge >= 0.3 is 0 Å². The molecule has 0 fully saturated rings. The van der Waals surface area contributed by atoms with Gasteiger partial charge in [-0.15, -0.1) is 0 Å². The van der Waals surface area contributed by atoms with Crippen molar-refractivity contribution in [2.24, 2.45) is 0 Å². The van der Waals surface area contributed by atoms with Gasteiger partial charge in [0.15, 0.2) is 0 Å². The van der Waals surface area contributed by atoms with Gasteiger partial charge < -0.3 is 5.11 Å². The fourth-order valence-corrected chi connectivity index (χ4v) is 10.1. The molecule has 0 saturated heterocycles. The maximum absolute atomic E-state index is 12.4. The molecule has 0 bridgehead atoms. The van der Waals surface area contributed by atoms with Crippen LogP contribution in [-0.2, 0) is 0 Å². The molecular formula is C13H25FOSi. The van der Waals surface area contributed by atoms with Gasteiger partial charge in [0.2, 0.25) is 0 Å². The summed E-state index contributed by atoms with van der Waals surface area (Å²) in [6.45, 7) is 13.0. The highest BCUT2D eigenvalue weighted by molar-refractivity contribution is 6.89. The van der Waals surface area contributed by atoms with E-state index in [2.05, 4.69) is 47.3 Å². The molecule has 16 heavy (non-hydrogen) atoms. The Kier molecular flexibility index (Phi) is 6.23. The predicted molar refractivity (Wildman–Crippen MR) is 70.8 cm³/mol. The average Bonchev–Trinajstić information content (AvgIpc) is 2.15. The molecular weight excluding hydrogens is 219 g/mol. The van der Waals surface area contributed by atoms with E-state index in [1.807, 2.05) is 0 Å². The number of hydrogen-bond donors (Lipinski definition) is 1. The van der Waals surface area contributed by atoms with E-state index in [9.17, 15) is 9.50 Å². The first kappa shape index (κ1) is 15.6. The van der Waals surface area contributed by atoms with Crippen LogP contribution >= 0.6 is 0 Å². The molecule has 0 rings (SSSR count). The maximum Gasteiger partial charge on any atom is 0.128 e. The van der Waals surface area contributed by atoms with E-state index < -0.39 is 8.07 Å². The summed E-state index contributed by atoms with van der Waals surface area (Å²) in [4.78, 5) is 0. The van der Waals surface area contributed by atoms with E-state index in [1.165, 1.54) is 0 Å². The molecule has 0 saturated carbocycles. The molecule has 0 amide bonds. The largest absolute Gasteiger partial charge is 0.392 e. The normalized spacial score (nSPS) is 12.2. The second-order valence-corrected chi connectivity index (χ2v) is 11.2. The maximum atomic E-state index is 12.4. The Morgan fingerprint density at radius 2 is 1.50 bits per heavy atom. The quantitative estimate of drug-likeness (QED) is 0.567. The van der Waals surface area contributed by atoms with Gasteiger partial charge in [0.1, 0.15) is 14.4 Å². The van der Waals surface area contributed by atoms with Crippen molar-refractivity contribution in [2.45, 2.75) is 58.2 Å². The van der Waals surface area contributed by atoms with E-state index in [0.29, 0.717) is 23.0 Å². The Balaban J connectivity index is 5.79. The zero-order valence-corrected chi connectivity index (χ0v) is 12.3. The van der Waals surface area contributed by atoms with Crippen LogP contribution in [0.15, 0.2) is 17.3 Å². The van der Waals surface area contributed by atoms with Crippen molar-refractivity contribution in [3.05, 3.63) is 17.3 Å². The zero-order valence-electron chi connectivity index (χ0n) is 11.3. The molecule has 0 aromatic rings. The first-order valence-corrected chi connectivity index (χ1v) is 8.24. The first-order chi connectivity index (χ1) is 7.35. The Morgan fingerprint density at radius 1 is 1.12 bits per heavy atom. The van der Waals surface area contributed by atoms with Crippen molar-refractivity contribution in [3.63, 3.8) is 0 Å². The number of aliphatic hydroxyl groups is 1. The molecule has 3 heteroatoms. The molecule has 0 heterocycles. The van der Waals surface area contributed by atoms with Crippen LogP contribution in [0.5, 0.6) is 0 Å². The van der Waals surface area contributed by atoms with Crippen LogP contribution in [0.1, 0.15) is 41.5 Å². The lowest BCUT2D eigenvalue weighted by Gasteiger charge is -2.43. The van der Waals surface area contributed by atoms with Crippen molar-refractivity contribution in [1.29, 1.82) is 0 Å². The van der Waals surface area contributed by atoms with Gasteiger partial charge in [-0.2, -0.15) is 0 Å². The van der Waals surface area contributed by atoms with Gasteiger partial charge in [-0.25, -0.2) is 4.39 Å². The van der Waals surface area contributed by atoms with Crippen molar-refractivity contribution in [3.8, 4) is 0 Å². The molecule has 0 spiro atoms. The molecule has 0 aliphatic carbocycles. The van der Waals surface area contributed by atoms with Crippen LogP contribution in [0.25, 0.3) is 0 Å². The van der Waals surface area contributed by atoms with E-state index in [-0.39, 0.29) is 6.61 Å². The van der Waals surface area contributed by atoms with Crippen LogP contribution in [0.3, 0.4) is 0 Å². The summed E-state index contributed by atoms with van der Waals surface area (Å²) in [5, 5.41) is 10.3. The zero-order chi connectivity index (χ0) is 12.9. The van der Waals surface area contributed by atoms with Gasteiger partial charge in [0, 0.05) is 0 Å². The Bertz CT molecular complexity index is 254. The standard InChI is InChI=1S/C13H25FOSi/c1-10(2)16(11(3)4,12(5)6)13(9-15)7-8-14/h8,10-12,15H,9H2,1-6H3.